The first-order chi connectivity index (χ1) is 8.24. The minimum atomic E-state index is -0.447. The van der Waals surface area contributed by atoms with Crippen molar-refractivity contribution < 1.29 is 9.52 Å². The molecular weight excluding hydrogens is 280 g/mol. The van der Waals surface area contributed by atoms with Crippen molar-refractivity contribution in [2.75, 3.05) is 0 Å². The van der Waals surface area contributed by atoms with E-state index in [1.807, 2.05) is 12.1 Å². The molecule has 1 heterocycles. The third-order valence-corrected chi connectivity index (χ3v) is 3.43. The molecule has 0 aliphatic heterocycles. The molecule has 1 N–H and O–H groups in total. The highest BCUT2D eigenvalue weighted by atomic mass is 79.9. The maximum Gasteiger partial charge on any atom is 0.169 e. The van der Waals surface area contributed by atoms with Gasteiger partial charge in [-0.05, 0) is 34.5 Å². The highest BCUT2D eigenvalue weighted by molar-refractivity contribution is 9.10. The van der Waals surface area contributed by atoms with Crippen molar-refractivity contribution in [1.82, 2.24) is 0 Å². The Kier molecular flexibility index (Phi) is 7.62. The second kappa shape index (κ2) is 8.76. The van der Waals surface area contributed by atoms with Gasteiger partial charge in [-0.2, -0.15) is 0 Å². The van der Waals surface area contributed by atoms with E-state index in [1.54, 1.807) is 0 Å². The monoisotopic (exact) mass is 302 g/mol. The lowest BCUT2D eigenvalue weighted by Gasteiger charge is -2.07. The van der Waals surface area contributed by atoms with Crippen molar-refractivity contribution in [1.29, 1.82) is 0 Å². The molecule has 1 atom stereocenters. The predicted molar refractivity (Wildman–Crippen MR) is 74.0 cm³/mol. The molecule has 0 aliphatic rings. The maximum absolute atomic E-state index is 9.86. The van der Waals surface area contributed by atoms with Crippen LogP contribution >= 0.6 is 15.9 Å². The number of unbranched alkanes of at least 4 members (excludes halogenated alkanes) is 6. The van der Waals surface area contributed by atoms with Crippen LogP contribution in [-0.2, 0) is 0 Å². The Morgan fingerprint density at radius 2 is 1.76 bits per heavy atom. The molecule has 1 rings (SSSR count). The van der Waals surface area contributed by atoms with E-state index in [2.05, 4.69) is 22.9 Å². The lowest BCUT2D eigenvalue weighted by atomic mass is 10.1. The topological polar surface area (TPSA) is 33.4 Å². The van der Waals surface area contributed by atoms with E-state index < -0.39 is 6.10 Å². The fourth-order valence-corrected chi connectivity index (χ4v) is 2.26. The molecule has 0 amide bonds. The number of aliphatic hydroxyl groups is 1. The molecule has 1 aromatic heterocycles. The van der Waals surface area contributed by atoms with Crippen LogP contribution < -0.4 is 0 Å². The summed E-state index contributed by atoms with van der Waals surface area (Å²) >= 11 is 3.24. The second-order valence-corrected chi connectivity index (χ2v) is 5.35. The Morgan fingerprint density at radius 3 is 2.35 bits per heavy atom. The first-order valence-corrected chi connectivity index (χ1v) is 7.46. The molecule has 0 spiro atoms. The lowest BCUT2D eigenvalue weighted by Crippen LogP contribution is -1.95. The number of halogens is 1. The minimum absolute atomic E-state index is 0.447. The van der Waals surface area contributed by atoms with Crippen molar-refractivity contribution in [3.05, 3.63) is 22.6 Å². The Hall–Kier alpha value is -0.280. The Morgan fingerprint density at radius 1 is 1.12 bits per heavy atom. The molecule has 98 valence electrons. The van der Waals surface area contributed by atoms with Crippen LogP contribution in [0.3, 0.4) is 0 Å². The average molecular weight is 303 g/mol. The van der Waals surface area contributed by atoms with Gasteiger partial charge in [0, 0.05) is 0 Å². The van der Waals surface area contributed by atoms with Crippen LogP contribution in [0, 0.1) is 0 Å². The molecule has 0 fully saturated rings. The molecule has 17 heavy (non-hydrogen) atoms. The molecule has 3 heteroatoms. The van der Waals surface area contributed by atoms with E-state index in [1.165, 1.54) is 38.5 Å². The summed E-state index contributed by atoms with van der Waals surface area (Å²) in [6.45, 7) is 2.23. The number of hydrogen-bond donors (Lipinski definition) is 1. The predicted octanol–water partition coefficient (Wildman–Crippen LogP) is 5.22. The summed E-state index contributed by atoms with van der Waals surface area (Å²) in [7, 11) is 0. The quantitative estimate of drug-likeness (QED) is 0.635. The largest absolute Gasteiger partial charge is 0.452 e. The zero-order valence-corrected chi connectivity index (χ0v) is 12.2. The van der Waals surface area contributed by atoms with E-state index in [-0.39, 0.29) is 0 Å². The molecule has 0 radical (unpaired) electrons. The van der Waals surface area contributed by atoms with Crippen LogP contribution in [0.5, 0.6) is 0 Å². The van der Waals surface area contributed by atoms with Gasteiger partial charge in [0.05, 0.1) is 0 Å². The standard InChI is InChI=1S/C14H23BrO2/c1-2-3-4-5-6-7-8-9-12(16)13-10-11-14(15)17-13/h10-12,16H,2-9H2,1H3. The fourth-order valence-electron chi connectivity index (χ4n) is 1.94. The third kappa shape index (κ3) is 6.27. The van der Waals surface area contributed by atoms with Crippen LogP contribution in [-0.4, -0.2) is 5.11 Å². The van der Waals surface area contributed by atoms with Crippen molar-refractivity contribution in [3.8, 4) is 0 Å². The number of hydrogen-bond acceptors (Lipinski definition) is 2. The van der Waals surface area contributed by atoms with E-state index >= 15 is 0 Å². The highest BCUT2D eigenvalue weighted by Crippen LogP contribution is 2.24. The highest BCUT2D eigenvalue weighted by Gasteiger charge is 2.10. The van der Waals surface area contributed by atoms with E-state index in [0.717, 1.165) is 12.8 Å². The smallest absolute Gasteiger partial charge is 0.169 e. The zero-order valence-electron chi connectivity index (χ0n) is 10.6. The van der Waals surface area contributed by atoms with Gasteiger partial charge >= 0.3 is 0 Å². The Labute approximate surface area is 113 Å². The molecule has 1 aromatic rings. The van der Waals surface area contributed by atoms with Gasteiger partial charge in [0.15, 0.2) is 4.67 Å². The average Bonchev–Trinajstić information content (AvgIpc) is 2.74. The van der Waals surface area contributed by atoms with Crippen molar-refractivity contribution in [2.45, 2.75) is 64.4 Å². The lowest BCUT2D eigenvalue weighted by molar-refractivity contribution is 0.135. The van der Waals surface area contributed by atoms with Gasteiger partial charge in [0.1, 0.15) is 11.9 Å². The molecule has 0 saturated heterocycles. The maximum atomic E-state index is 9.86. The van der Waals surface area contributed by atoms with Crippen molar-refractivity contribution >= 4 is 15.9 Å². The summed E-state index contributed by atoms with van der Waals surface area (Å²) in [4.78, 5) is 0. The second-order valence-electron chi connectivity index (χ2n) is 4.57. The first-order valence-electron chi connectivity index (χ1n) is 6.67. The van der Waals surface area contributed by atoms with Gasteiger partial charge in [-0.1, -0.05) is 51.9 Å². The van der Waals surface area contributed by atoms with Crippen LogP contribution in [0.4, 0.5) is 0 Å². The summed E-state index contributed by atoms with van der Waals surface area (Å²) in [6.07, 6.45) is 9.25. The summed E-state index contributed by atoms with van der Waals surface area (Å²) in [6, 6.07) is 3.65. The van der Waals surface area contributed by atoms with Gasteiger partial charge < -0.3 is 9.52 Å². The van der Waals surface area contributed by atoms with Gasteiger partial charge in [-0.3, -0.25) is 0 Å². The molecule has 1 unspecified atom stereocenters. The van der Waals surface area contributed by atoms with Crippen molar-refractivity contribution in [2.24, 2.45) is 0 Å². The molecule has 0 aromatic carbocycles. The Bertz CT molecular complexity index is 296. The van der Waals surface area contributed by atoms with Gasteiger partial charge in [-0.25, -0.2) is 0 Å². The molecule has 2 nitrogen and oxygen atoms in total. The van der Waals surface area contributed by atoms with E-state index in [9.17, 15) is 5.11 Å². The molecule has 0 saturated carbocycles. The summed E-state index contributed by atoms with van der Waals surface area (Å²) in [5.74, 6) is 0.669. The van der Waals surface area contributed by atoms with Crippen LogP contribution in [0.25, 0.3) is 0 Å². The van der Waals surface area contributed by atoms with Gasteiger partial charge in [-0.15, -0.1) is 0 Å². The van der Waals surface area contributed by atoms with Crippen LogP contribution in [0.15, 0.2) is 21.2 Å². The SMILES string of the molecule is CCCCCCCCCC(O)c1ccc(Br)o1. The molecule has 0 bridgehead atoms. The van der Waals surface area contributed by atoms with Gasteiger partial charge in [0.2, 0.25) is 0 Å². The Balaban J connectivity index is 2.03. The van der Waals surface area contributed by atoms with E-state index in [4.69, 9.17) is 4.42 Å². The number of aliphatic hydroxyl groups excluding tert-OH is 1. The summed E-state index contributed by atoms with van der Waals surface area (Å²) in [5, 5.41) is 9.86. The zero-order chi connectivity index (χ0) is 12.5. The summed E-state index contributed by atoms with van der Waals surface area (Å²) in [5.41, 5.74) is 0. The fraction of sp³-hybridized carbons (Fsp3) is 0.714. The first kappa shape index (κ1) is 14.8. The van der Waals surface area contributed by atoms with Crippen molar-refractivity contribution in [3.63, 3.8) is 0 Å². The number of furan rings is 1. The summed E-state index contributed by atoms with van der Waals surface area (Å²) < 4.78 is 6.01. The minimum Gasteiger partial charge on any atom is -0.452 e. The molecular formula is C14H23BrO2. The molecule has 0 aliphatic carbocycles. The van der Waals surface area contributed by atoms with Crippen LogP contribution in [0.1, 0.15) is 70.2 Å². The van der Waals surface area contributed by atoms with Crippen LogP contribution in [0.2, 0.25) is 0 Å². The van der Waals surface area contributed by atoms with Gasteiger partial charge in [0.25, 0.3) is 0 Å². The number of rotatable bonds is 9. The third-order valence-electron chi connectivity index (χ3n) is 3.00. The normalized spacial score (nSPS) is 12.9. The van der Waals surface area contributed by atoms with E-state index in [0.29, 0.717) is 10.4 Å².